The molecule has 1 atom stereocenters. The molecular weight excluding hydrogens is 480 g/mol. The summed E-state index contributed by atoms with van der Waals surface area (Å²) in [5, 5.41) is 17.3. The fraction of sp³-hybridized carbons (Fsp3) is 0.500. The minimum atomic E-state index is -3.80. The van der Waals surface area contributed by atoms with Crippen molar-refractivity contribution in [3.8, 4) is 6.07 Å². The number of hydrogen-bond acceptors (Lipinski definition) is 7. The molecule has 4 rings (SSSR count). The van der Waals surface area contributed by atoms with Crippen LogP contribution in [-0.2, 0) is 20.5 Å². The van der Waals surface area contributed by atoms with Gasteiger partial charge >= 0.3 is 10.2 Å². The van der Waals surface area contributed by atoms with Crippen LogP contribution in [0.3, 0.4) is 0 Å². The van der Waals surface area contributed by atoms with Gasteiger partial charge in [-0.2, -0.15) is 23.1 Å². The number of rotatable bonds is 7. The monoisotopic (exact) mass is 506 g/mol. The van der Waals surface area contributed by atoms with Gasteiger partial charge in [0.15, 0.2) is 5.54 Å². The zero-order valence-electron chi connectivity index (χ0n) is 18.6. The molecule has 34 heavy (non-hydrogen) atoms. The first-order chi connectivity index (χ1) is 16.3. The number of aromatic nitrogens is 2. The number of nitrogens with one attached hydrogen (secondary N) is 2. The maximum absolute atomic E-state index is 13.0. The second-order valence-electron chi connectivity index (χ2n) is 8.57. The normalized spacial score (nSPS) is 20.9. The van der Waals surface area contributed by atoms with Gasteiger partial charge in [0.2, 0.25) is 0 Å². The Bertz CT molecular complexity index is 1200. The molecule has 2 saturated heterocycles. The molecule has 2 aliphatic heterocycles. The van der Waals surface area contributed by atoms with Gasteiger partial charge in [-0.3, -0.25) is 9.52 Å². The van der Waals surface area contributed by atoms with Crippen molar-refractivity contribution in [2.45, 2.75) is 31.2 Å². The Morgan fingerprint density at radius 2 is 2.00 bits per heavy atom. The summed E-state index contributed by atoms with van der Waals surface area (Å²) in [4.78, 5) is 13.0. The number of nitrogens with zero attached hydrogens (tertiary/aromatic N) is 4. The molecule has 0 spiro atoms. The lowest BCUT2D eigenvalue weighted by Crippen LogP contribution is -2.52. The van der Waals surface area contributed by atoms with Crippen LogP contribution in [-0.4, -0.2) is 55.4 Å². The van der Waals surface area contributed by atoms with E-state index in [1.807, 2.05) is 0 Å². The van der Waals surface area contributed by atoms with Gasteiger partial charge in [-0.25, -0.2) is 4.68 Å². The first-order valence-corrected chi connectivity index (χ1v) is 13.0. The summed E-state index contributed by atoms with van der Waals surface area (Å²) in [5.74, 6) is 0.327. The molecule has 2 fully saturated rings. The van der Waals surface area contributed by atoms with Gasteiger partial charge in [-0.1, -0.05) is 29.8 Å². The minimum absolute atomic E-state index is 0.0397. The van der Waals surface area contributed by atoms with Crippen LogP contribution < -0.4 is 15.6 Å². The highest BCUT2D eigenvalue weighted by atomic mass is 35.5. The Balaban J connectivity index is 1.46. The van der Waals surface area contributed by atoms with E-state index in [4.69, 9.17) is 16.3 Å². The fourth-order valence-electron chi connectivity index (χ4n) is 4.27. The molecule has 10 nitrogen and oxygen atoms in total. The van der Waals surface area contributed by atoms with Crippen LogP contribution in [0.25, 0.3) is 0 Å². The average Bonchev–Trinajstić information content (AvgIpc) is 2.86. The first-order valence-electron chi connectivity index (χ1n) is 11.2. The second-order valence-corrected chi connectivity index (χ2v) is 10.6. The highest BCUT2D eigenvalue weighted by Crippen LogP contribution is 2.30. The van der Waals surface area contributed by atoms with E-state index in [0.717, 1.165) is 24.1 Å². The first kappa shape index (κ1) is 24.5. The molecule has 1 aromatic heterocycles. The summed E-state index contributed by atoms with van der Waals surface area (Å²) in [6, 6.07) is 10.8. The Morgan fingerprint density at radius 1 is 1.26 bits per heavy atom. The second kappa shape index (κ2) is 10.3. The Labute approximate surface area is 203 Å². The minimum Gasteiger partial charge on any atom is -0.382 e. The fourth-order valence-corrected chi connectivity index (χ4v) is 5.69. The molecule has 0 amide bonds. The van der Waals surface area contributed by atoms with Crippen LogP contribution in [0.2, 0.25) is 5.02 Å². The molecule has 2 aromatic rings. The third kappa shape index (κ3) is 5.20. The Morgan fingerprint density at radius 3 is 2.65 bits per heavy atom. The quantitative estimate of drug-likeness (QED) is 0.589. The lowest BCUT2D eigenvalue weighted by atomic mass is 9.90. The van der Waals surface area contributed by atoms with Crippen molar-refractivity contribution in [2.24, 2.45) is 5.92 Å². The van der Waals surface area contributed by atoms with Crippen LogP contribution in [0, 0.1) is 17.2 Å². The topological polar surface area (TPSA) is 129 Å². The molecule has 2 N–H and O–H groups in total. The van der Waals surface area contributed by atoms with Gasteiger partial charge < -0.3 is 10.1 Å². The standard InChI is InChI=1S/C22H27ClN6O4S/c23-20-19(25-13-17-5-4-12-33-15-17)14-26-29(21(20)30)22(16-24)8-10-28(11-9-22)34(31,32)27-18-6-2-1-3-7-18/h1-3,6-7,14,17,25,27H,4-5,8-13,15H2/t17-/m1/s1. The molecule has 0 unspecified atom stereocenters. The van der Waals surface area contributed by atoms with Gasteiger partial charge in [-0.05, 0) is 30.9 Å². The number of para-hydroxylation sites is 1. The average molecular weight is 507 g/mol. The zero-order valence-corrected chi connectivity index (χ0v) is 20.2. The molecular formula is C22H27ClN6O4S. The van der Waals surface area contributed by atoms with Crippen molar-refractivity contribution in [2.75, 3.05) is 42.9 Å². The molecule has 182 valence electrons. The molecule has 0 radical (unpaired) electrons. The summed E-state index contributed by atoms with van der Waals surface area (Å²) in [6.45, 7) is 2.15. The van der Waals surface area contributed by atoms with E-state index in [-0.39, 0.29) is 31.0 Å². The lowest BCUT2D eigenvalue weighted by Gasteiger charge is -2.36. The number of halogens is 1. The van der Waals surface area contributed by atoms with Gasteiger partial charge in [0.05, 0.1) is 24.6 Å². The van der Waals surface area contributed by atoms with Crippen molar-refractivity contribution in [1.29, 1.82) is 5.26 Å². The van der Waals surface area contributed by atoms with Crippen LogP contribution in [0.1, 0.15) is 25.7 Å². The summed E-state index contributed by atoms with van der Waals surface area (Å²) >= 11 is 6.35. The summed E-state index contributed by atoms with van der Waals surface area (Å²) < 4.78 is 35.9. The third-order valence-corrected chi connectivity index (χ3v) is 8.18. The Kier molecular flexibility index (Phi) is 7.42. The van der Waals surface area contributed by atoms with Crippen LogP contribution in [0.15, 0.2) is 41.3 Å². The van der Waals surface area contributed by atoms with E-state index < -0.39 is 21.3 Å². The van der Waals surface area contributed by atoms with Gasteiger partial charge in [-0.15, -0.1) is 0 Å². The molecule has 0 saturated carbocycles. The van der Waals surface area contributed by atoms with Crippen LogP contribution >= 0.6 is 11.6 Å². The predicted molar refractivity (Wildman–Crippen MR) is 129 cm³/mol. The molecule has 12 heteroatoms. The van der Waals surface area contributed by atoms with E-state index in [2.05, 4.69) is 21.2 Å². The maximum atomic E-state index is 13.0. The molecule has 2 aliphatic rings. The van der Waals surface area contributed by atoms with E-state index in [1.54, 1.807) is 30.3 Å². The van der Waals surface area contributed by atoms with E-state index >= 15 is 0 Å². The van der Waals surface area contributed by atoms with E-state index in [9.17, 15) is 18.5 Å². The molecule has 1 aromatic carbocycles. The largest absolute Gasteiger partial charge is 0.382 e. The van der Waals surface area contributed by atoms with Crippen molar-refractivity contribution < 1.29 is 13.2 Å². The molecule has 0 aliphatic carbocycles. The van der Waals surface area contributed by atoms with Gasteiger partial charge in [0, 0.05) is 44.8 Å². The number of piperidine rings is 1. The van der Waals surface area contributed by atoms with Crippen molar-refractivity contribution >= 4 is 33.2 Å². The number of benzene rings is 1. The maximum Gasteiger partial charge on any atom is 0.301 e. The zero-order chi connectivity index (χ0) is 24.2. The molecule has 3 heterocycles. The van der Waals surface area contributed by atoms with Crippen molar-refractivity contribution in [3.05, 3.63) is 51.9 Å². The number of hydrogen-bond donors (Lipinski definition) is 2. The third-order valence-electron chi connectivity index (χ3n) is 6.28. The Hall–Kier alpha value is -2.65. The van der Waals surface area contributed by atoms with Gasteiger partial charge in [0.25, 0.3) is 5.56 Å². The van der Waals surface area contributed by atoms with E-state index in [0.29, 0.717) is 30.4 Å². The highest BCUT2D eigenvalue weighted by Gasteiger charge is 2.42. The smallest absolute Gasteiger partial charge is 0.301 e. The van der Waals surface area contributed by atoms with Crippen molar-refractivity contribution in [3.63, 3.8) is 0 Å². The summed E-state index contributed by atoms with van der Waals surface area (Å²) in [6.07, 6.45) is 3.69. The number of ether oxygens (including phenoxy) is 1. The lowest BCUT2D eigenvalue weighted by molar-refractivity contribution is 0.0595. The SMILES string of the molecule is N#CC1(n2ncc(NC[C@H]3CCCOC3)c(Cl)c2=O)CCN(S(=O)(=O)Nc2ccccc2)CC1. The number of anilines is 2. The van der Waals surface area contributed by atoms with Gasteiger partial charge in [0.1, 0.15) is 5.02 Å². The van der Waals surface area contributed by atoms with E-state index in [1.165, 1.54) is 10.5 Å². The summed E-state index contributed by atoms with van der Waals surface area (Å²) in [7, 11) is -3.80. The number of nitriles is 1. The van der Waals surface area contributed by atoms with Crippen LogP contribution in [0.5, 0.6) is 0 Å². The predicted octanol–water partition coefficient (Wildman–Crippen LogP) is 2.41. The summed E-state index contributed by atoms with van der Waals surface area (Å²) in [5.41, 5.74) is -0.998. The molecule has 0 bridgehead atoms. The van der Waals surface area contributed by atoms with Crippen LogP contribution in [0.4, 0.5) is 11.4 Å². The van der Waals surface area contributed by atoms with Crippen molar-refractivity contribution in [1.82, 2.24) is 14.1 Å². The highest BCUT2D eigenvalue weighted by molar-refractivity contribution is 7.90.